The molecule has 3 aromatic rings. The minimum absolute atomic E-state index is 0.0775. The van der Waals surface area contributed by atoms with Crippen molar-refractivity contribution in [3.8, 4) is 0 Å². The lowest BCUT2D eigenvalue weighted by Gasteiger charge is -2.11. The van der Waals surface area contributed by atoms with E-state index in [1.54, 1.807) is 18.2 Å². The van der Waals surface area contributed by atoms with Crippen LogP contribution in [0.1, 0.15) is 27.7 Å². The van der Waals surface area contributed by atoms with Crippen LogP contribution in [-0.4, -0.2) is 5.91 Å². The average molecular weight is 312 g/mol. The van der Waals surface area contributed by atoms with E-state index in [0.29, 0.717) is 21.6 Å². The molecule has 0 radical (unpaired) electrons. The van der Waals surface area contributed by atoms with Crippen LogP contribution in [0.15, 0.2) is 57.7 Å². The number of rotatable bonds is 1. The maximum absolute atomic E-state index is 12.8. The summed E-state index contributed by atoms with van der Waals surface area (Å²) in [5, 5.41) is 3.63. The van der Waals surface area contributed by atoms with Gasteiger partial charge >= 0.3 is 0 Å². The van der Waals surface area contributed by atoms with Gasteiger partial charge in [0.15, 0.2) is 5.43 Å². The van der Waals surface area contributed by atoms with Crippen LogP contribution in [0.4, 0.5) is 0 Å². The van der Waals surface area contributed by atoms with Crippen LogP contribution in [0.2, 0.25) is 5.02 Å². The number of carbonyl (C=O) groups excluding carboxylic acids is 1. The Balaban J connectivity index is 2.03. The fraction of sp³-hybridized carbons (Fsp3) is 0.0588. The molecule has 0 spiro atoms. The van der Waals surface area contributed by atoms with Gasteiger partial charge in [-0.1, -0.05) is 41.9 Å². The molecule has 1 atom stereocenters. The third-order valence-corrected chi connectivity index (χ3v) is 4.03. The summed E-state index contributed by atoms with van der Waals surface area (Å²) < 4.78 is 5.63. The lowest BCUT2D eigenvalue weighted by molar-refractivity contribution is 0.0938. The van der Waals surface area contributed by atoms with Gasteiger partial charge in [0.2, 0.25) is 5.76 Å². The van der Waals surface area contributed by atoms with E-state index >= 15 is 0 Å². The van der Waals surface area contributed by atoms with E-state index in [4.69, 9.17) is 16.0 Å². The topological polar surface area (TPSA) is 59.3 Å². The standard InChI is InChI=1S/C17H10ClNO3/c18-10-6-7-12-11(8-10)15(20)13-14(9-4-2-1-3-5-9)19-17(21)16(13)22-12/h1-8,14H,(H,19,21). The molecule has 22 heavy (non-hydrogen) atoms. The van der Waals surface area contributed by atoms with Crippen LogP contribution in [0.5, 0.6) is 0 Å². The van der Waals surface area contributed by atoms with Gasteiger partial charge < -0.3 is 9.73 Å². The molecule has 2 aromatic carbocycles. The Hall–Kier alpha value is -2.59. The monoisotopic (exact) mass is 311 g/mol. The van der Waals surface area contributed by atoms with Gasteiger partial charge in [0.05, 0.1) is 17.0 Å². The maximum Gasteiger partial charge on any atom is 0.288 e. The van der Waals surface area contributed by atoms with Crippen LogP contribution in [0.25, 0.3) is 11.0 Å². The highest BCUT2D eigenvalue weighted by molar-refractivity contribution is 6.31. The lowest BCUT2D eigenvalue weighted by Crippen LogP contribution is -2.21. The molecular formula is C17H10ClNO3. The Morgan fingerprint density at radius 3 is 2.59 bits per heavy atom. The number of halogens is 1. The van der Waals surface area contributed by atoms with E-state index in [1.807, 2.05) is 30.3 Å². The highest BCUT2D eigenvalue weighted by Crippen LogP contribution is 2.31. The number of hydrogen-bond donors (Lipinski definition) is 1. The van der Waals surface area contributed by atoms with Gasteiger partial charge in [-0.05, 0) is 23.8 Å². The van der Waals surface area contributed by atoms with Gasteiger partial charge in [-0.15, -0.1) is 0 Å². The fourth-order valence-corrected chi connectivity index (χ4v) is 2.95. The Labute approximate surface area is 130 Å². The van der Waals surface area contributed by atoms with E-state index < -0.39 is 6.04 Å². The molecule has 5 heteroatoms. The lowest BCUT2D eigenvalue weighted by atomic mass is 9.99. The Kier molecular flexibility index (Phi) is 2.81. The van der Waals surface area contributed by atoms with Gasteiger partial charge in [-0.3, -0.25) is 9.59 Å². The molecule has 1 aliphatic rings. The number of amides is 1. The first-order valence-electron chi connectivity index (χ1n) is 6.77. The Bertz CT molecular complexity index is 963. The smallest absolute Gasteiger partial charge is 0.288 e. The molecule has 1 aromatic heterocycles. The maximum atomic E-state index is 12.8. The van der Waals surface area contributed by atoms with E-state index in [2.05, 4.69) is 5.32 Å². The average Bonchev–Trinajstić information content (AvgIpc) is 2.87. The molecule has 0 saturated carbocycles. The zero-order valence-electron chi connectivity index (χ0n) is 11.3. The summed E-state index contributed by atoms with van der Waals surface area (Å²) in [7, 11) is 0. The molecule has 1 N–H and O–H groups in total. The van der Waals surface area contributed by atoms with Crippen molar-refractivity contribution in [2.45, 2.75) is 6.04 Å². The molecule has 0 saturated heterocycles. The molecule has 1 aliphatic heterocycles. The molecule has 4 nitrogen and oxygen atoms in total. The molecule has 0 aliphatic carbocycles. The van der Waals surface area contributed by atoms with Crippen LogP contribution in [0, 0.1) is 0 Å². The van der Waals surface area contributed by atoms with Crippen molar-refractivity contribution >= 4 is 28.5 Å². The van der Waals surface area contributed by atoms with Crippen molar-refractivity contribution in [3.05, 3.63) is 80.7 Å². The highest BCUT2D eigenvalue weighted by atomic mass is 35.5. The zero-order chi connectivity index (χ0) is 15.3. The summed E-state index contributed by atoms with van der Waals surface area (Å²) in [6, 6.07) is 13.6. The summed E-state index contributed by atoms with van der Waals surface area (Å²) in [6.45, 7) is 0. The molecule has 0 fully saturated rings. The van der Waals surface area contributed by atoms with Crippen LogP contribution in [-0.2, 0) is 0 Å². The number of benzene rings is 2. The SMILES string of the molecule is O=C1NC(c2ccccc2)c2c1oc1ccc(Cl)cc1c2=O. The second-order valence-corrected chi connectivity index (χ2v) is 5.57. The fourth-order valence-electron chi connectivity index (χ4n) is 2.78. The van der Waals surface area contributed by atoms with Crippen LogP contribution < -0.4 is 10.7 Å². The number of nitrogens with one attached hydrogen (secondary N) is 1. The van der Waals surface area contributed by atoms with Crippen molar-refractivity contribution in [2.24, 2.45) is 0 Å². The van der Waals surface area contributed by atoms with E-state index in [1.165, 1.54) is 0 Å². The number of hydrogen-bond acceptors (Lipinski definition) is 3. The molecule has 108 valence electrons. The van der Waals surface area contributed by atoms with Gasteiger partial charge in [0.1, 0.15) is 5.58 Å². The quantitative estimate of drug-likeness (QED) is 0.750. The number of carbonyl (C=O) groups is 1. The van der Waals surface area contributed by atoms with E-state index in [9.17, 15) is 9.59 Å². The molecule has 4 rings (SSSR count). The zero-order valence-corrected chi connectivity index (χ0v) is 12.1. The van der Waals surface area contributed by atoms with Gasteiger partial charge in [0.25, 0.3) is 5.91 Å². The summed E-state index contributed by atoms with van der Waals surface area (Å²) >= 11 is 5.96. The van der Waals surface area contributed by atoms with Crippen LogP contribution >= 0.6 is 11.6 Å². The predicted octanol–water partition coefficient (Wildman–Crippen LogP) is 3.28. The summed E-state index contributed by atoms with van der Waals surface area (Å²) in [6.07, 6.45) is 0. The largest absolute Gasteiger partial charge is 0.450 e. The second kappa shape index (κ2) is 4.71. The Morgan fingerprint density at radius 1 is 1.05 bits per heavy atom. The van der Waals surface area contributed by atoms with Crippen molar-refractivity contribution in [2.75, 3.05) is 0 Å². The molecule has 2 heterocycles. The normalized spacial score (nSPS) is 16.6. The van der Waals surface area contributed by atoms with Gasteiger partial charge in [-0.2, -0.15) is 0 Å². The number of fused-ring (bicyclic) bond motifs is 2. The van der Waals surface area contributed by atoms with Gasteiger partial charge in [-0.25, -0.2) is 0 Å². The summed E-state index contributed by atoms with van der Waals surface area (Å²) in [4.78, 5) is 24.9. The van der Waals surface area contributed by atoms with Crippen molar-refractivity contribution in [1.82, 2.24) is 5.32 Å². The van der Waals surface area contributed by atoms with Crippen LogP contribution in [0.3, 0.4) is 0 Å². The predicted molar refractivity (Wildman–Crippen MR) is 83.2 cm³/mol. The van der Waals surface area contributed by atoms with Crippen molar-refractivity contribution in [3.63, 3.8) is 0 Å². The molecule has 1 amide bonds. The third-order valence-electron chi connectivity index (χ3n) is 3.79. The van der Waals surface area contributed by atoms with Crippen molar-refractivity contribution in [1.29, 1.82) is 0 Å². The third kappa shape index (κ3) is 1.84. The van der Waals surface area contributed by atoms with E-state index in [0.717, 1.165) is 5.56 Å². The minimum atomic E-state index is -0.497. The first kappa shape index (κ1) is 13.1. The first-order chi connectivity index (χ1) is 10.6. The highest BCUT2D eigenvalue weighted by Gasteiger charge is 2.35. The molecular weight excluding hydrogens is 302 g/mol. The Morgan fingerprint density at radius 2 is 1.82 bits per heavy atom. The van der Waals surface area contributed by atoms with E-state index in [-0.39, 0.29) is 17.1 Å². The van der Waals surface area contributed by atoms with Gasteiger partial charge in [0, 0.05) is 5.02 Å². The summed E-state index contributed by atoms with van der Waals surface area (Å²) in [5.74, 6) is -0.300. The molecule has 0 bridgehead atoms. The minimum Gasteiger partial charge on any atom is -0.450 e. The summed E-state index contributed by atoms with van der Waals surface area (Å²) in [5.41, 5.74) is 1.30. The van der Waals surface area contributed by atoms with Crippen molar-refractivity contribution < 1.29 is 9.21 Å². The molecule has 1 unspecified atom stereocenters. The first-order valence-corrected chi connectivity index (χ1v) is 7.15. The second-order valence-electron chi connectivity index (χ2n) is 5.13.